The van der Waals surface area contributed by atoms with Crippen LogP contribution in [0.2, 0.25) is 0 Å². The number of primary amides is 1. The Kier molecular flexibility index (Phi) is 2.61. The molecule has 0 aliphatic carbocycles. The molecular weight excluding hydrogens is 220 g/mol. The van der Waals surface area contributed by atoms with Crippen molar-refractivity contribution in [1.29, 1.82) is 0 Å². The molecule has 86 valence electrons. The third kappa shape index (κ3) is 2.15. The van der Waals surface area contributed by atoms with Gasteiger partial charge in [-0.15, -0.1) is 0 Å². The van der Waals surface area contributed by atoms with Crippen LogP contribution in [0.5, 0.6) is 5.75 Å². The first-order valence-electron chi connectivity index (χ1n) is 4.79. The smallest absolute Gasteiger partial charge is 0.271 e. The topological polar surface area (TPSA) is 115 Å². The highest BCUT2D eigenvalue weighted by atomic mass is 16.3. The van der Waals surface area contributed by atoms with Gasteiger partial charge in [-0.2, -0.15) is 0 Å². The minimum Gasteiger partial charge on any atom is -0.508 e. The molecule has 17 heavy (non-hydrogen) atoms. The monoisotopic (exact) mass is 230 g/mol. The van der Waals surface area contributed by atoms with Crippen LogP contribution >= 0.6 is 0 Å². The van der Waals surface area contributed by atoms with Crippen molar-refractivity contribution in [2.45, 2.75) is 0 Å². The van der Waals surface area contributed by atoms with Crippen molar-refractivity contribution >= 4 is 11.7 Å². The number of carbonyl (C=O) groups excluding carboxylic acids is 1. The van der Waals surface area contributed by atoms with Crippen LogP contribution in [-0.4, -0.2) is 21.0 Å². The normalized spacial score (nSPS) is 10.1. The standard InChI is InChI=1S/C11H10N4O2/c12-10-9(11(13)17)15-8(5-14-10)6-1-3-7(16)4-2-6/h1-5,16H,(H2,12,14)(H2,13,17). The Morgan fingerprint density at radius 2 is 1.88 bits per heavy atom. The maximum absolute atomic E-state index is 11.1. The van der Waals surface area contributed by atoms with Crippen molar-refractivity contribution in [3.05, 3.63) is 36.2 Å². The zero-order valence-electron chi connectivity index (χ0n) is 8.79. The van der Waals surface area contributed by atoms with E-state index in [0.29, 0.717) is 11.3 Å². The van der Waals surface area contributed by atoms with E-state index in [2.05, 4.69) is 9.97 Å². The third-order valence-electron chi connectivity index (χ3n) is 2.20. The molecule has 0 radical (unpaired) electrons. The Labute approximate surface area is 96.9 Å². The predicted molar refractivity (Wildman–Crippen MR) is 62.1 cm³/mol. The molecule has 1 amide bonds. The number of amides is 1. The highest BCUT2D eigenvalue weighted by Crippen LogP contribution is 2.20. The molecule has 0 aliphatic heterocycles. The maximum atomic E-state index is 11.1. The fourth-order valence-electron chi connectivity index (χ4n) is 1.35. The lowest BCUT2D eigenvalue weighted by atomic mass is 10.1. The van der Waals surface area contributed by atoms with Gasteiger partial charge in [0.1, 0.15) is 5.75 Å². The molecule has 5 N–H and O–H groups in total. The van der Waals surface area contributed by atoms with Gasteiger partial charge in [-0.05, 0) is 24.3 Å². The summed E-state index contributed by atoms with van der Waals surface area (Å²) in [6.45, 7) is 0. The van der Waals surface area contributed by atoms with Gasteiger partial charge in [0.25, 0.3) is 5.91 Å². The summed E-state index contributed by atoms with van der Waals surface area (Å²) in [5.41, 5.74) is 11.7. The number of aromatic nitrogens is 2. The molecule has 6 heteroatoms. The summed E-state index contributed by atoms with van der Waals surface area (Å²) in [4.78, 5) is 18.9. The van der Waals surface area contributed by atoms with E-state index >= 15 is 0 Å². The van der Waals surface area contributed by atoms with Gasteiger partial charge in [0.05, 0.1) is 11.9 Å². The number of nitrogens with two attached hydrogens (primary N) is 2. The summed E-state index contributed by atoms with van der Waals surface area (Å²) >= 11 is 0. The van der Waals surface area contributed by atoms with Crippen molar-refractivity contribution in [2.24, 2.45) is 5.73 Å². The zero-order chi connectivity index (χ0) is 12.4. The number of aromatic hydroxyl groups is 1. The van der Waals surface area contributed by atoms with Crippen molar-refractivity contribution in [3.63, 3.8) is 0 Å². The first-order chi connectivity index (χ1) is 8.08. The number of hydrogen-bond acceptors (Lipinski definition) is 5. The summed E-state index contributed by atoms with van der Waals surface area (Å²) in [6, 6.07) is 6.33. The van der Waals surface area contributed by atoms with Gasteiger partial charge in [0.15, 0.2) is 11.5 Å². The molecule has 1 aromatic carbocycles. The predicted octanol–water partition coefficient (Wildman–Crippen LogP) is 0.530. The van der Waals surface area contributed by atoms with Gasteiger partial charge >= 0.3 is 0 Å². The quantitative estimate of drug-likeness (QED) is 0.696. The van der Waals surface area contributed by atoms with E-state index in [1.54, 1.807) is 12.1 Å². The molecular formula is C11H10N4O2. The summed E-state index contributed by atoms with van der Waals surface area (Å²) < 4.78 is 0. The first kappa shape index (κ1) is 10.9. The van der Waals surface area contributed by atoms with Gasteiger partial charge in [0, 0.05) is 5.56 Å². The Hall–Kier alpha value is -2.63. The SMILES string of the molecule is NC(=O)c1nc(-c2ccc(O)cc2)cnc1N. The highest BCUT2D eigenvalue weighted by Gasteiger charge is 2.11. The van der Waals surface area contributed by atoms with Crippen LogP contribution in [-0.2, 0) is 0 Å². The van der Waals surface area contributed by atoms with E-state index in [1.165, 1.54) is 18.3 Å². The highest BCUT2D eigenvalue weighted by molar-refractivity contribution is 5.95. The lowest BCUT2D eigenvalue weighted by molar-refractivity contribution is 0.0996. The zero-order valence-corrected chi connectivity index (χ0v) is 8.79. The van der Waals surface area contributed by atoms with Crippen LogP contribution < -0.4 is 11.5 Å². The largest absolute Gasteiger partial charge is 0.508 e. The Morgan fingerprint density at radius 3 is 2.47 bits per heavy atom. The molecule has 1 heterocycles. The number of nitrogen functional groups attached to an aromatic ring is 1. The molecule has 0 atom stereocenters. The van der Waals surface area contributed by atoms with Crippen LogP contribution in [0, 0.1) is 0 Å². The fourth-order valence-corrected chi connectivity index (χ4v) is 1.35. The molecule has 0 fully saturated rings. The molecule has 0 saturated carbocycles. The number of anilines is 1. The van der Waals surface area contributed by atoms with E-state index in [-0.39, 0.29) is 17.3 Å². The summed E-state index contributed by atoms with van der Waals surface area (Å²) in [5, 5.41) is 9.16. The van der Waals surface area contributed by atoms with Crippen LogP contribution in [0.15, 0.2) is 30.5 Å². The summed E-state index contributed by atoms with van der Waals surface area (Å²) in [5.74, 6) is -0.581. The molecule has 0 aliphatic rings. The lowest BCUT2D eigenvalue weighted by Crippen LogP contribution is -2.16. The van der Waals surface area contributed by atoms with Crippen LogP contribution in [0.3, 0.4) is 0 Å². The van der Waals surface area contributed by atoms with Crippen molar-refractivity contribution in [2.75, 3.05) is 5.73 Å². The maximum Gasteiger partial charge on any atom is 0.271 e. The number of carbonyl (C=O) groups is 1. The number of phenolic OH excluding ortho intramolecular Hbond substituents is 1. The third-order valence-corrected chi connectivity index (χ3v) is 2.20. The van der Waals surface area contributed by atoms with E-state index < -0.39 is 5.91 Å². The molecule has 0 bridgehead atoms. The number of benzene rings is 1. The second-order valence-corrected chi connectivity index (χ2v) is 3.40. The summed E-state index contributed by atoms with van der Waals surface area (Å²) in [7, 11) is 0. The van der Waals surface area contributed by atoms with Crippen molar-refractivity contribution in [3.8, 4) is 17.0 Å². The van der Waals surface area contributed by atoms with E-state index in [9.17, 15) is 4.79 Å². The Morgan fingerprint density at radius 1 is 1.24 bits per heavy atom. The van der Waals surface area contributed by atoms with Crippen LogP contribution in [0.4, 0.5) is 5.82 Å². The minimum absolute atomic E-state index is 0.0000262. The van der Waals surface area contributed by atoms with Gasteiger partial charge in [0.2, 0.25) is 0 Å². The average molecular weight is 230 g/mol. The number of nitrogens with zero attached hydrogens (tertiary/aromatic N) is 2. The molecule has 2 aromatic rings. The van der Waals surface area contributed by atoms with E-state index in [1.807, 2.05) is 0 Å². The van der Waals surface area contributed by atoms with Gasteiger partial charge in [-0.3, -0.25) is 4.79 Å². The average Bonchev–Trinajstić information content (AvgIpc) is 2.30. The van der Waals surface area contributed by atoms with E-state index in [4.69, 9.17) is 16.6 Å². The van der Waals surface area contributed by atoms with Crippen LogP contribution in [0.25, 0.3) is 11.3 Å². The molecule has 1 aromatic heterocycles. The van der Waals surface area contributed by atoms with Crippen LogP contribution in [0.1, 0.15) is 10.5 Å². The molecule has 0 spiro atoms. The first-order valence-corrected chi connectivity index (χ1v) is 4.79. The minimum atomic E-state index is -0.726. The molecule has 2 rings (SSSR count). The Bertz CT molecular complexity index is 566. The number of phenols is 1. The fraction of sp³-hybridized carbons (Fsp3) is 0. The van der Waals surface area contributed by atoms with Crippen molar-refractivity contribution < 1.29 is 9.90 Å². The summed E-state index contributed by atoms with van der Waals surface area (Å²) in [6.07, 6.45) is 1.44. The molecule has 6 nitrogen and oxygen atoms in total. The van der Waals surface area contributed by atoms with Gasteiger partial charge < -0.3 is 16.6 Å². The second-order valence-electron chi connectivity index (χ2n) is 3.40. The van der Waals surface area contributed by atoms with Gasteiger partial charge in [-0.1, -0.05) is 0 Å². The molecule has 0 saturated heterocycles. The number of hydrogen-bond donors (Lipinski definition) is 3. The van der Waals surface area contributed by atoms with Crippen molar-refractivity contribution in [1.82, 2.24) is 9.97 Å². The molecule has 0 unspecified atom stereocenters. The number of rotatable bonds is 2. The lowest BCUT2D eigenvalue weighted by Gasteiger charge is -2.04. The van der Waals surface area contributed by atoms with E-state index in [0.717, 1.165) is 0 Å². The van der Waals surface area contributed by atoms with Gasteiger partial charge in [-0.25, -0.2) is 9.97 Å². The second kappa shape index (κ2) is 4.09. The Balaban J connectivity index is 2.50.